The smallest absolute Gasteiger partial charge is 0.248 e. The van der Waals surface area contributed by atoms with Gasteiger partial charge in [-0.1, -0.05) is 39.3 Å². The molecule has 0 saturated carbocycles. The van der Waals surface area contributed by atoms with E-state index in [0.29, 0.717) is 12.0 Å². The van der Waals surface area contributed by atoms with Crippen LogP contribution in [0.4, 0.5) is 0 Å². The number of benzene rings is 1. The number of amides is 1. The van der Waals surface area contributed by atoms with E-state index in [9.17, 15) is 9.90 Å². The van der Waals surface area contributed by atoms with Gasteiger partial charge >= 0.3 is 0 Å². The van der Waals surface area contributed by atoms with Gasteiger partial charge < -0.3 is 10.8 Å². The van der Waals surface area contributed by atoms with E-state index in [1.807, 2.05) is 6.07 Å². The van der Waals surface area contributed by atoms with Gasteiger partial charge in [0.25, 0.3) is 0 Å². The molecule has 1 amide bonds. The first-order valence-corrected chi connectivity index (χ1v) is 5.93. The molecule has 3 N–H and O–H groups in total. The van der Waals surface area contributed by atoms with E-state index in [-0.39, 0.29) is 5.41 Å². The van der Waals surface area contributed by atoms with Crippen molar-refractivity contribution in [3.63, 3.8) is 0 Å². The highest BCUT2D eigenvalue weighted by Crippen LogP contribution is 2.32. The molecule has 17 heavy (non-hydrogen) atoms. The standard InChI is InChI=1S/C14H21NO2/c1-4-14(2,3)9-12(16)10-6-5-7-11(8-10)13(15)17/h5-8,12,16H,4,9H2,1-3H3,(H2,15,17). The first-order chi connectivity index (χ1) is 7.85. The summed E-state index contributed by atoms with van der Waals surface area (Å²) in [6.07, 6.45) is 1.12. The monoisotopic (exact) mass is 235 g/mol. The van der Waals surface area contributed by atoms with Gasteiger partial charge in [0, 0.05) is 5.56 Å². The quantitative estimate of drug-likeness (QED) is 0.824. The molecule has 0 fully saturated rings. The Hall–Kier alpha value is -1.35. The lowest BCUT2D eigenvalue weighted by Crippen LogP contribution is -2.16. The van der Waals surface area contributed by atoms with Gasteiger partial charge in [0.05, 0.1) is 6.10 Å². The van der Waals surface area contributed by atoms with E-state index >= 15 is 0 Å². The van der Waals surface area contributed by atoms with Crippen LogP contribution in [0.2, 0.25) is 0 Å². The number of carbonyl (C=O) groups excluding carboxylic acids is 1. The van der Waals surface area contributed by atoms with Crippen LogP contribution >= 0.6 is 0 Å². The molecule has 94 valence electrons. The normalized spacial score (nSPS) is 13.4. The highest BCUT2D eigenvalue weighted by molar-refractivity contribution is 5.92. The van der Waals surface area contributed by atoms with Crippen LogP contribution < -0.4 is 5.73 Å². The van der Waals surface area contributed by atoms with Crippen LogP contribution in [-0.4, -0.2) is 11.0 Å². The highest BCUT2D eigenvalue weighted by Gasteiger charge is 2.21. The van der Waals surface area contributed by atoms with E-state index < -0.39 is 12.0 Å². The topological polar surface area (TPSA) is 63.3 Å². The Morgan fingerprint density at radius 1 is 1.47 bits per heavy atom. The van der Waals surface area contributed by atoms with Gasteiger partial charge in [-0.05, 0) is 29.5 Å². The molecule has 1 rings (SSSR count). The zero-order valence-corrected chi connectivity index (χ0v) is 10.7. The second-order valence-electron chi connectivity index (χ2n) is 5.23. The summed E-state index contributed by atoms with van der Waals surface area (Å²) in [7, 11) is 0. The van der Waals surface area contributed by atoms with Crippen molar-refractivity contribution in [2.75, 3.05) is 0 Å². The van der Waals surface area contributed by atoms with Crippen LogP contribution in [-0.2, 0) is 0 Å². The van der Waals surface area contributed by atoms with Gasteiger partial charge in [-0.2, -0.15) is 0 Å². The summed E-state index contributed by atoms with van der Waals surface area (Å²) < 4.78 is 0. The molecule has 0 heterocycles. The summed E-state index contributed by atoms with van der Waals surface area (Å²) in [4.78, 5) is 11.1. The molecule has 3 nitrogen and oxygen atoms in total. The van der Waals surface area contributed by atoms with E-state index in [1.54, 1.807) is 18.2 Å². The van der Waals surface area contributed by atoms with Gasteiger partial charge in [0.15, 0.2) is 0 Å². The second-order valence-corrected chi connectivity index (χ2v) is 5.23. The van der Waals surface area contributed by atoms with Crippen molar-refractivity contribution in [1.82, 2.24) is 0 Å². The van der Waals surface area contributed by atoms with Crippen LogP contribution in [0.3, 0.4) is 0 Å². The number of hydrogen-bond acceptors (Lipinski definition) is 2. The average Bonchev–Trinajstić information content (AvgIpc) is 2.28. The molecular weight excluding hydrogens is 214 g/mol. The summed E-state index contributed by atoms with van der Waals surface area (Å²) in [5.74, 6) is -0.464. The molecule has 0 radical (unpaired) electrons. The predicted octanol–water partition coefficient (Wildman–Crippen LogP) is 2.65. The summed E-state index contributed by atoms with van der Waals surface area (Å²) in [5, 5.41) is 10.1. The van der Waals surface area contributed by atoms with Crippen molar-refractivity contribution >= 4 is 5.91 Å². The molecular formula is C14H21NO2. The molecule has 0 aliphatic heterocycles. The van der Waals surface area contributed by atoms with Crippen molar-refractivity contribution in [3.8, 4) is 0 Å². The third-order valence-electron chi connectivity index (χ3n) is 3.26. The van der Waals surface area contributed by atoms with Crippen molar-refractivity contribution in [3.05, 3.63) is 35.4 Å². The summed E-state index contributed by atoms with van der Waals surface area (Å²) in [6, 6.07) is 6.89. The maximum atomic E-state index is 11.1. The fourth-order valence-electron chi connectivity index (χ4n) is 1.68. The predicted molar refractivity (Wildman–Crippen MR) is 68.6 cm³/mol. The van der Waals surface area contributed by atoms with Crippen molar-refractivity contribution in [2.24, 2.45) is 11.1 Å². The largest absolute Gasteiger partial charge is 0.388 e. The Balaban J connectivity index is 2.85. The number of aliphatic hydroxyl groups is 1. The number of primary amides is 1. The lowest BCUT2D eigenvalue weighted by atomic mass is 9.82. The van der Waals surface area contributed by atoms with Crippen LogP contribution in [0.15, 0.2) is 24.3 Å². The van der Waals surface area contributed by atoms with E-state index in [2.05, 4.69) is 20.8 Å². The summed E-state index contributed by atoms with van der Waals surface area (Å²) >= 11 is 0. The molecule has 0 aliphatic carbocycles. The van der Waals surface area contributed by atoms with E-state index in [0.717, 1.165) is 12.0 Å². The Morgan fingerprint density at radius 3 is 2.65 bits per heavy atom. The number of carbonyl (C=O) groups is 1. The van der Waals surface area contributed by atoms with E-state index in [4.69, 9.17) is 5.73 Å². The fraction of sp³-hybridized carbons (Fsp3) is 0.500. The summed E-state index contributed by atoms with van der Waals surface area (Å²) in [5.41, 5.74) is 6.49. The lowest BCUT2D eigenvalue weighted by molar-refractivity contribution is 0.0999. The third-order valence-corrected chi connectivity index (χ3v) is 3.26. The van der Waals surface area contributed by atoms with Crippen LogP contribution in [0.25, 0.3) is 0 Å². The number of aliphatic hydroxyl groups excluding tert-OH is 1. The first kappa shape index (κ1) is 13.7. The molecule has 1 atom stereocenters. The highest BCUT2D eigenvalue weighted by atomic mass is 16.3. The zero-order valence-electron chi connectivity index (χ0n) is 10.7. The maximum Gasteiger partial charge on any atom is 0.248 e. The molecule has 0 saturated heterocycles. The van der Waals surface area contributed by atoms with Gasteiger partial charge in [0.1, 0.15) is 0 Å². The van der Waals surface area contributed by atoms with Gasteiger partial charge in [0.2, 0.25) is 5.91 Å². The molecule has 0 bridgehead atoms. The molecule has 3 heteroatoms. The first-order valence-electron chi connectivity index (χ1n) is 5.93. The minimum absolute atomic E-state index is 0.0855. The Bertz CT molecular complexity index is 399. The van der Waals surface area contributed by atoms with Crippen LogP contribution in [0.1, 0.15) is 55.6 Å². The maximum absolute atomic E-state index is 11.1. The zero-order chi connectivity index (χ0) is 13.1. The molecule has 1 aromatic carbocycles. The molecule has 0 aliphatic rings. The molecule has 1 unspecified atom stereocenters. The fourth-order valence-corrected chi connectivity index (χ4v) is 1.68. The van der Waals surface area contributed by atoms with Gasteiger partial charge in [-0.3, -0.25) is 4.79 Å². The minimum atomic E-state index is -0.552. The van der Waals surface area contributed by atoms with Crippen molar-refractivity contribution < 1.29 is 9.90 Å². The Kier molecular flexibility index (Phi) is 4.29. The SMILES string of the molecule is CCC(C)(C)CC(O)c1cccc(C(N)=O)c1. The number of rotatable bonds is 5. The second kappa shape index (κ2) is 5.32. The number of nitrogens with two attached hydrogens (primary N) is 1. The van der Waals surface area contributed by atoms with Crippen molar-refractivity contribution in [1.29, 1.82) is 0 Å². The number of hydrogen-bond donors (Lipinski definition) is 2. The van der Waals surface area contributed by atoms with Gasteiger partial charge in [-0.15, -0.1) is 0 Å². The van der Waals surface area contributed by atoms with Gasteiger partial charge in [-0.25, -0.2) is 0 Å². The van der Waals surface area contributed by atoms with Crippen LogP contribution in [0.5, 0.6) is 0 Å². The van der Waals surface area contributed by atoms with E-state index in [1.165, 1.54) is 0 Å². The average molecular weight is 235 g/mol. The molecule has 0 spiro atoms. The minimum Gasteiger partial charge on any atom is -0.388 e. The summed E-state index contributed by atoms with van der Waals surface area (Å²) in [6.45, 7) is 6.34. The molecule has 0 aromatic heterocycles. The van der Waals surface area contributed by atoms with Crippen molar-refractivity contribution in [2.45, 2.75) is 39.7 Å². The Labute approximate surface area is 103 Å². The van der Waals surface area contributed by atoms with Crippen LogP contribution in [0, 0.1) is 5.41 Å². The molecule has 1 aromatic rings. The third kappa shape index (κ3) is 3.86. The Morgan fingerprint density at radius 2 is 2.12 bits per heavy atom. The lowest BCUT2D eigenvalue weighted by Gasteiger charge is -2.26.